The Kier molecular flexibility index (Phi) is 7.57. The molecule has 2 amide bonds. The van der Waals surface area contributed by atoms with Crippen molar-refractivity contribution in [1.82, 2.24) is 25.2 Å². The van der Waals surface area contributed by atoms with Crippen molar-refractivity contribution in [2.45, 2.75) is 45.4 Å². The summed E-state index contributed by atoms with van der Waals surface area (Å²) in [4.78, 5) is 39.9. The van der Waals surface area contributed by atoms with Crippen molar-refractivity contribution in [3.63, 3.8) is 0 Å². The zero-order valence-electron chi connectivity index (χ0n) is 22.1. The molecule has 1 saturated heterocycles. The van der Waals surface area contributed by atoms with E-state index in [0.717, 1.165) is 3.57 Å². The number of aryl methyl sites for hydroxylation is 1. The third kappa shape index (κ3) is 5.75. The fourth-order valence-corrected chi connectivity index (χ4v) is 5.73. The van der Waals surface area contributed by atoms with Crippen LogP contribution in [0.1, 0.15) is 36.8 Å². The molecule has 1 aliphatic rings. The van der Waals surface area contributed by atoms with Crippen LogP contribution >= 0.6 is 22.6 Å². The Bertz CT molecular complexity index is 1570. The lowest BCUT2D eigenvalue weighted by Gasteiger charge is -2.43. The van der Waals surface area contributed by atoms with Crippen molar-refractivity contribution < 1.29 is 18.7 Å². The molecule has 0 aliphatic carbocycles. The Morgan fingerprint density at radius 1 is 1.33 bits per heavy atom. The number of halogens is 2. The summed E-state index contributed by atoms with van der Waals surface area (Å²) in [6.45, 7) is 8.81. The number of aromatic nitrogens is 3. The number of hydrogen-bond acceptors (Lipinski definition) is 6. The number of pyridine rings is 2. The summed E-state index contributed by atoms with van der Waals surface area (Å²) in [5.41, 5.74) is 2.45. The van der Waals surface area contributed by atoms with Gasteiger partial charge in [0, 0.05) is 45.4 Å². The summed E-state index contributed by atoms with van der Waals surface area (Å²) in [5, 5.41) is 7.19. The number of morpholine rings is 1. The first-order valence-corrected chi connectivity index (χ1v) is 13.8. The second-order valence-electron chi connectivity index (χ2n) is 10.6. The Labute approximate surface area is 239 Å². The molecule has 0 radical (unpaired) electrons. The highest BCUT2D eigenvalue weighted by Gasteiger charge is 2.38. The molecule has 0 bridgehead atoms. The molecule has 4 heterocycles. The molecule has 3 N–H and O–H groups in total. The van der Waals surface area contributed by atoms with E-state index in [0.29, 0.717) is 51.8 Å². The van der Waals surface area contributed by atoms with Gasteiger partial charge < -0.3 is 20.4 Å². The minimum atomic E-state index is -0.590. The number of nitrogens with zero attached hydrogens (tertiary/aromatic N) is 3. The molecular weight excluding hydrogens is 614 g/mol. The molecule has 1 aliphatic heterocycles. The molecule has 0 unspecified atom stereocenters. The Morgan fingerprint density at radius 2 is 2.13 bits per heavy atom. The van der Waals surface area contributed by atoms with E-state index in [1.807, 2.05) is 37.8 Å². The van der Waals surface area contributed by atoms with Crippen LogP contribution in [0.25, 0.3) is 21.8 Å². The first-order valence-electron chi connectivity index (χ1n) is 12.7. The van der Waals surface area contributed by atoms with Crippen LogP contribution in [-0.2, 0) is 9.53 Å². The molecule has 0 spiro atoms. The lowest BCUT2D eigenvalue weighted by Crippen LogP contribution is -2.60. The summed E-state index contributed by atoms with van der Waals surface area (Å²) in [6, 6.07) is 6.37. The van der Waals surface area contributed by atoms with E-state index < -0.39 is 17.5 Å². The average Bonchev–Trinajstić information content (AvgIpc) is 3.23. The highest BCUT2D eigenvalue weighted by molar-refractivity contribution is 14.1. The lowest BCUT2D eigenvalue weighted by atomic mass is 10.0. The average molecular weight is 644 g/mol. The second-order valence-corrected chi connectivity index (χ2v) is 11.8. The zero-order chi connectivity index (χ0) is 27.9. The molecular formula is C28H30FIN6O3. The first kappa shape index (κ1) is 27.4. The normalized spacial score (nSPS) is 18.3. The second kappa shape index (κ2) is 10.8. The summed E-state index contributed by atoms with van der Waals surface area (Å²) in [7, 11) is 0. The minimum Gasteiger partial charge on any atom is -0.372 e. The number of fused-ring (bicyclic) bond motifs is 3. The van der Waals surface area contributed by atoms with Gasteiger partial charge in [-0.25, -0.2) is 4.39 Å². The number of benzene rings is 1. The van der Waals surface area contributed by atoms with Crippen LogP contribution in [0.3, 0.4) is 0 Å². The van der Waals surface area contributed by atoms with E-state index in [1.54, 1.807) is 31.5 Å². The maximum atomic E-state index is 14.6. The van der Waals surface area contributed by atoms with Crippen molar-refractivity contribution in [3.05, 3.63) is 63.5 Å². The topological polar surface area (TPSA) is 112 Å². The fraction of sp³-hybridized carbons (Fsp3) is 0.357. The first-order chi connectivity index (χ1) is 18.5. The number of anilines is 1. The van der Waals surface area contributed by atoms with Gasteiger partial charge in [-0.1, -0.05) is 0 Å². The molecule has 3 aromatic heterocycles. The number of hydrogen-bond donors (Lipinski definition) is 3. The third-order valence-corrected chi connectivity index (χ3v) is 7.51. The van der Waals surface area contributed by atoms with Crippen molar-refractivity contribution in [3.8, 4) is 0 Å². The van der Waals surface area contributed by atoms with Gasteiger partial charge >= 0.3 is 0 Å². The fourth-order valence-electron chi connectivity index (χ4n) is 5.10. The van der Waals surface area contributed by atoms with Crippen molar-refractivity contribution in [2.75, 3.05) is 25.0 Å². The molecule has 204 valence electrons. The lowest BCUT2D eigenvalue weighted by molar-refractivity contribution is -0.143. The van der Waals surface area contributed by atoms with Crippen LogP contribution in [0.15, 0.2) is 42.9 Å². The molecule has 39 heavy (non-hydrogen) atoms. The summed E-state index contributed by atoms with van der Waals surface area (Å²) < 4.78 is 21.5. The van der Waals surface area contributed by atoms with Crippen molar-refractivity contribution >= 4 is 61.9 Å². The number of amides is 2. The Morgan fingerprint density at radius 3 is 2.90 bits per heavy atom. The number of rotatable bonds is 6. The number of H-pyrrole nitrogens is 1. The highest BCUT2D eigenvalue weighted by Crippen LogP contribution is 2.34. The molecule has 0 saturated carbocycles. The Hall–Kier alpha value is -3.16. The van der Waals surface area contributed by atoms with Crippen LogP contribution in [0.2, 0.25) is 0 Å². The summed E-state index contributed by atoms with van der Waals surface area (Å²) in [6.07, 6.45) is 4.40. The number of nitrogens with one attached hydrogen (secondary N) is 3. The summed E-state index contributed by atoms with van der Waals surface area (Å²) in [5.74, 6) is -0.874. The molecule has 11 heteroatoms. The van der Waals surface area contributed by atoms with Crippen molar-refractivity contribution in [1.29, 1.82) is 0 Å². The van der Waals surface area contributed by atoms with Gasteiger partial charge in [0.25, 0.3) is 5.91 Å². The maximum absolute atomic E-state index is 14.6. The molecule has 4 aromatic rings. The molecule has 9 nitrogen and oxygen atoms in total. The van der Waals surface area contributed by atoms with E-state index in [1.165, 1.54) is 6.20 Å². The predicted molar refractivity (Wildman–Crippen MR) is 156 cm³/mol. The van der Waals surface area contributed by atoms with Crippen LogP contribution in [0, 0.1) is 16.3 Å². The Balaban J connectivity index is 1.37. The maximum Gasteiger partial charge on any atom is 0.253 e. The van der Waals surface area contributed by atoms with E-state index >= 15 is 0 Å². The number of carbonyl (C=O) groups excluding carboxylic acids is 2. The van der Waals surface area contributed by atoms with Gasteiger partial charge in [-0.3, -0.25) is 24.5 Å². The molecule has 5 rings (SSSR count). The standard InChI is InChI=1S/C28H30FIN6O3/c1-15(33-26(37)18-6-5-7-32-16(18)2)12-36-14-28(3,4)39-13-23(36)27(38)35-21-9-17(30)8-19-24-20(29)10-31-11-22(24)34-25(19)21/h5-11,15,23,34H,12-14H2,1-4H3,(H,33,37)(H,35,38)/t15-,23-/m0/s1. The van der Waals surface area contributed by atoms with Gasteiger partial charge in [0.2, 0.25) is 5.91 Å². The monoisotopic (exact) mass is 644 g/mol. The number of ether oxygens (including phenoxy) is 1. The van der Waals surface area contributed by atoms with Gasteiger partial charge in [0.15, 0.2) is 5.82 Å². The van der Waals surface area contributed by atoms with Gasteiger partial charge in [-0.15, -0.1) is 0 Å². The van der Waals surface area contributed by atoms with Crippen molar-refractivity contribution in [2.24, 2.45) is 0 Å². The quantitative estimate of drug-likeness (QED) is 0.269. The van der Waals surface area contributed by atoms with E-state index in [4.69, 9.17) is 4.74 Å². The van der Waals surface area contributed by atoms with Crippen LogP contribution in [0.4, 0.5) is 10.1 Å². The zero-order valence-corrected chi connectivity index (χ0v) is 24.3. The highest BCUT2D eigenvalue weighted by atomic mass is 127. The largest absolute Gasteiger partial charge is 0.372 e. The SMILES string of the molecule is Cc1ncccc1C(=O)N[C@@H](C)CN1CC(C)(C)OC[C@H]1C(=O)Nc1cc(I)cc2c1[nH]c1cncc(F)c12. The van der Waals surface area contributed by atoms with Gasteiger partial charge in [-0.2, -0.15) is 0 Å². The van der Waals surface area contributed by atoms with Crippen LogP contribution in [-0.4, -0.2) is 69.0 Å². The third-order valence-electron chi connectivity index (χ3n) is 6.89. The number of aromatic amines is 1. The van der Waals surface area contributed by atoms with E-state index in [-0.39, 0.29) is 24.5 Å². The van der Waals surface area contributed by atoms with Gasteiger partial charge in [-0.05, 0) is 74.6 Å². The van der Waals surface area contributed by atoms with Gasteiger partial charge in [0.1, 0.15) is 6.04 Å². The van der Waals surface area contributed by atoms with Gasteiger partial charge in [0.05, 0.1) is 46.9 Å². The molecule has 2 atom stereocenters. The van der Waals surface area contributed by atoms with E-state index in [9.17, 15) is 14.0 Å². The smallest absolute Gasteiger partial charge is 0.253 e. The predicted octanol–water partition coefficient (Wildman–Crippen LogP) is 4.40. The minimum absolute atomic E-state index is 0.194. The van der Waals surface area contributed by atoms with E-state index in [2.05, 4.69) is 48.2 Å². The van der Waals surface area contributed by atoms with Crippen LogP contribution in [0.5, 0.6) is 0 Å². The molecule has 1 aromatic carbocycles. The summed E-state index contributed by atoms with van der Waals surface area (Å²) >= 11 is 2.16. The number of carbonyl (C=O) groups is 2. The van der Waals surface area contributed by atoms with Crippen LogP contribution < -0.4 is 10.6 Å². The molecule has 1 fully saturated rings.